The Morgan fingerprint density at radius 3 is 2.64 bits per heavy atom. The molecule has 0 radical (unpaired) electrons. The maximum absolute atomic E-state index is 12.5. The van der Waals surface area contributed by atoms with Gasteiger partial charge >= 0.3 is 0 Å². The molecule has 0 unspecified atom stereocenters. The zero-order valence-corrected chi connectivity index (χ0v) is 14.4. The van der Waals surface area contributed by atoms with Crippen LogP contribution in [-0.4, -0.2) is 46.9 Å². The van der Waals surface area contributed by atoms with Crippen LogP contribution in [0.5, 0.6) is 0 Å². The van der Waals surface area contributed by atoms with Gasteiger partial charge in [0.05, 0.1) is 0 Å². The molecular weight excluding hydrogens is 389 g/mol. The maximum atomic E-state index is 12.5. The molecule has 2 aromatic rings. The van der Waals surface area contributed by atoms with E-state index < -0.39 is 0 Å². The van der Waals surface area contributed by atoms with E-state index in [2.05, 4.69) is 38.5 Å². The highest BCUT2D eigenvalue weighted by Gasteiger charge is 2.22. The van der Waals surface area contributed by atoms with Crippen molar-refractivity contribution in [1.29, 1.82) is 0 Å². The Kier molecular flexibility index (Phi) is 5.04. The van der Waals surface area contributed by atoms with Crippen LogP contribution in [0.15, 0.2) is 48.8 Å². The van der Waals surface area contributed by atoms with Gasteiger partial charge in [-0.3, -0.25) is 14.7 Å². The van der Waals surface area contributed by atoms with Crippen molar-refractivity contribution in [3.63, 3.8) is 0 Å². The van der Waals surface area contributed by atoms with Gasteiger partial charge in [-0.1, -0.05) is 12.1 Å². The second-order valence-corrected chi connectivity index (χ2v) is 6.69. The van der Waals surface area contributed by atoms with Crippen LogP contribution in [0.25, 0.3) is 0 Å². The Morgan fingerprint density at radius 2 is 1.95 bits per heavy atom. The molecule has 1 saturated heterocycles. The van der Waals surface area contributed by atoms with E-state index in [1.54, 1.807) is 6.20 Å². The summed E-state index contributed by atoms with van der Waals surface area (Å²) in [7, 11) is 0. The summed E-state index contributed by atoms with van der Waals surface area (Å²) in [6.07, 6.45) is 3.70. The third-order valence-electron chi connectivity index (χ3n) is 3.86. The Bertz CT molecular complexity index is 639. The first kappa shape index (κ1) is 15.4. The third-order valence-corrected chi connectivity index (χ3v) is 4.53. The molecule has 2 heterocycles. The zero-order chi connectivity index (χ0) is 15.4. The number of hydrogen-bond donors (Lipinski definition) is 0. The fraction of sp³-hybridized carbons (Fsp3) is 0.294. The molecule has 1 amide bonds. The molecule has 0 atom stereocenters. The summed E-state index contributed by atoms with van der Waals surface area (Å²) in [4.78, 5) is 21.0. The highest BCUT2D eigenvalue weighted by molar-refractivity contribution is 14.1. The van der Waals surface area contributed by atoms with Crippen LogP contribution in [0.4, 0.5) is 0 Å². The van der Waals surface area contributed by atoms with Crippen LogP contribution in [-0.2, 0) is 6.54 Å². The van der Waals surface area contributed by atoms with E-state index in [9.17, 15) is 4.79 Å². The quantitative estimate of drug-likeness (QED) is 0.735. The molecular formula is C17H18IN3O. The maximum Gasteiger partial charge on any atom is 0.253 e. The van der Waals surface area contributed by atoms with Crippen molar-refractivity contribution in [1.82, 2.24) is 14.8 Å². The predicted octanol–water partition coefficient (Wildman–Crippen LogP) is 2.64. The van der Waals surface area contributed by atoms with Crippen molar-refractivity contribution < 1.29 is 4.79 Å². The van der Waals surface area contributed by atoms with Gasteiger partial charge in [-0.05, 0) is 52.4 Å². The molecule has 0 saturated carbocycles. The van der Waals surface area contributed by atoms with Crippen LogP contribution >= 0.6 is 22.6 Å². The zero-order valence-electron chi connectivity index (χ0n) is 12.3. The van der Waals surface area contributed by atoms with Gasteiger partial charge in [0.2, 0.25) is 0 Å². The molecule has 0 N–H and O–H groups in total. The second kappa shape index (κ2) is 7.19. The van der Waals surface area contributed by atoms with Crippen molar-refractivity contribution in [3.8, 4) is 0 Å². The van der Waals surface area contributed by atoms with Gasteiger partial charge in [-0.25, -0.2) is 0 Å². The first-order valence-corrected chi connectivity index (χ1v) is 8.46. The van der Waals surface area contributed by atoms with E-state index in [1.807, 2.05) is 41.4 Å². The lowest BCUT2D eigenvalue weighted by Gasteiger charge is -2.34. The van der Waals surface area contributed by atoms with Gasteiger partial charge in [0.15, 0.2) is 0 Å². The molecule has 1 aliphatic rings. The second-order valence-electron chi connectivity index (χ2n) is 5.44. The molecule has 114 valence electrons. The lowest BCUT2D eigenvalue weighted by Crippen LogP contribution is -2.48. The average molecular weight is 407 g/mol. The number of piperazine rings is 1. The third kappa shape index (κ3) is 3.84. The molecule has 3 rings (SSSR count). The van der Waals surface area contributed by atoms with Gasteiger partial charge < -0.3 is 4.90 Å². The molecule has 0 spiro atoms. The Morgan fingerprint density at radius 1 is 1.14 bits per heavy atom. The van der Waals surface area contributed by atoms with Crippen molar-refractivity contribution in [3.05, 3.63) is 63.5 Å². The monoisotopic (exact) mass is 407 g/mol. The highest BCUT2D eigenvalue weighted by Crippen LogP contribution is 2.13. The summed E-state index contributed by atoms with van der Waals surface area (Å²) in [5, 5.41) is 0. The summed E-state index contributed by atoms with van der Waals surface area (Å²) < 4.78 is 1.10. The Hall–Kier alpha value is -1.47. The Balaban J connectivity index is 1.56. The number of hydrogen-bond acceptors (Lipinski definition) is 3. The number of rotatable bonds is 3. The molecule has 1 aromatic carbocycles. The lowest BCUT2D eigenvalue weighted by atomic mass is 10.1. The summed E-state index contributed by atoms with van der Waals surface area (Å²) in [6.45, 7) is 4.28. The SMILES string of the molecule is O=C(c1cccc(I)c1)N1CCN(Cc2cccnc2)CC1. The fourth-order valence-corrected chi connectivity index (χ4v) is 3.21. The highest BCUT2D eigenvalue weighted by atomic mass is 127. The van der Waals surface area contributed by atoms with Crippen LogP contribution in [0.3, 0.4) is 0 Å². The summed E-state index contributed by atoms with van der Waals surface area (Å²) >= 11 is 2.24. The lowest BCUT2D eigenvalue weighted by molar-refractivity contribution is 0.0628. The van der Waals surface area contributed by atoms with Gasteiger partial charge in [-0.2, -0.15) is 0 Å². The van der Waals surface area contributed by atoms with Crippen LogP contribution in [0.1, 0.15) is 15.9 Å². The number of carbonyl (C=O) groups is 1. The summed E-state index contributed by atoms with van der Waals surface area (Å²) in [5.41, 5.74) is 2.01. The normalized spacial score (nSPS) is 15.8. The molecule has 0 aliphatic carbocycles. The molecule has 5 heteroatoms. The average Bonchev–Trinajstić information content (AvgIpc) is 2.56. The summed E-state index contributed by atoms with van der Waals surface area (Å²) in [5.74, 6) is 0.138. The van der Waals surface area contributed by atoms with Gasteiger partial charge in [0.25, 0.3) is 5.91 Å². The first-order valence-electron chi connectivity index (χ1n) is 7.38. The molecule has 4 nitrogen and oxygen atoms in total. The molecule has 1 fully saturated rings. The number of pyridine rings is 1. The largest absolute Gasteiger partial charge is 0.336 e. The van der Waals surface area contributed by atoms with Crippen LogP contribution in [0.2, 0.25) is 0 Å². The van der Waals surface area contributed by atoms with E-state index in [4.69, 9.17) is 0 Å². The van der Waals surface area contributed by atoms with Gasteiger partial charge in [0, 0.05) is 54.3 Å². The number of halogens is 1. The fourth-order valence-electron chi connectivity index (χ4n) is 2.66. The van der Waals surface area contributed by atoms with E-state index in [0.717, 1.165) is 41.9 Å². The topological polar surface area (TPSA) is 36.4 Å². The minimum Gasteiger partial charge on any atom is -0.336 e. The van der Waals surface area contributed by atoms with Crippen molar-refractivity contribution >= 4 is 28.5 Å². The van der Waals surface area contributed by atoms with Crippen molar-refractivity contribution in [2.75, 3.05) is 26.2 Å². The van der Waals surface area contributed by atoms with E-state index >= 15 is 0 Å². The molecule has 22 heavy (non-hydrogen) atoms. The predicted molar refractivity (Wildman–Crippen MR) is 94.6 cm³/mol. The first-order chi connectivity index (χ1) is 10.7. The Labute approximate surface area is 144 Å². The van der Waals surface area contributed by atoms with E-state index in [0.29, 0.717) is 0 Å². The number of aromatic nitrogens is 1. The van der Waals surface area contributed by atoms with Crippen molar-refractivity contribution in [2.24, 2.45) is 0 Å². The minimum atomic E-state index is 0.138. The minimum absolute atomic E-state index is 0.138. The number of carbonyl (C=O) groups excluding carboxylic acids is 1. The van der Waals surface area contributed by atoms with E-state index in [1.165, 1.54) is 5.56 Å². The van der Waals surface area contributed by atoms with Gasteiger partial charge in [-0.15, -0.1) is 0 Å². The van der Waals surface area contributed by atoms with Crippen LogP contribution in [0, 0.1) is 3.57 Å². The number of nitrogens with zero attached hydrogens (tertiary/aromatic N) is 3. The smallest absolute Gasteiger partial charge is 0.253 e. The molecule has 0 bridgehead atoms. The number of amides is 1. The van der Waals surface area contributed by atoms with E-state index in [-0.39, 0.29) is 5.91 Å². The molecule has 1 aliphatic heterocycles. The standard InChI is InChI=1S/C17H18IN3O/c18-16-5-1-4-15(11-16)17(22)21-9-7-20(8-10-21)13-14-3-2-6-19-12-14/h1-6,11-12H,7-10,13H2. The van der Waals surface area contributed by atoms with Crippen molar-refractivity contribution in [2.45, 2.75) is 6.54 Å². The summed E-state index contributed by atoms with van der Waals surface area (Å²) in [6, 6.07) is 11.8. The van der Waals surface area contributed by atoms with Gasteiger partial charge in [0.1, 0.15) is 0 Å². The van der Waals surface area contributed by atoms with Crippen LogP contribution < -0.4 is 0 Å². The molecule has 1 aromatic heterocycles. The number of benzene rings is 1.